The van der Waals surface area contributed by atoms with Crippen LogP contribution in [0.3, 0.4) is 0 Å². The van der Waals surface area contributed by atoms with E-state index < -0.39 is 6.10 Å². The van der Waals surface area contributed by atoms with E-state index in [-0.39, 0.29) is 12.4 Å². The highest BCUT2D eigenvalue weighted by atomic mass is 35.5. The largest absolute Gasteiger partial charge is 0.389 e. The van der Waals surface area contributed by atoms with E-state index in [4.69, 9.17) is 4.74 Å². The first-order valence-electron chi connectivity index (χ1n) is 8.31. The SMILES string of the molecule is Cc1ccc(COCC(O)CN2CCc3ccccc3C2)cc1.Cl. The number of rotatable bonds is 6. The van der Waals surface area contributed by atoms with Crippen molar-refractivity contribution in [1.29, 1.82) is 0 Å². The molecule has 1 aliphatic heterocycles. The number of β-amino-alcohol motifs (C(OH)–C–C–N with tert-alkyl or cyclic N) is 1. The molecule has 2 aromatic rings. The molecule has 0 amide bonds. The first-order chi connectivity index (χ1) is 11.2. The van der Waals surface area contributed by atoms with Crippen molar-refractivity contribution >= 4 is 12.4 Å². The van der Waals surface area contributed by atoms with Crippen LogP contribution in [0.15, 0.2) is 48.5 Å². The normalized spacial score (nSPS) is 15.4. The number of hydrogen-bond acceptors (Lipinski definition) is 3. The van der Waals surface area contributed by atoms with Crippen molar-refractivity contribution in [1.82, 2.24) is 4.90 Å². The Balaban J connectivity index is 0.00000208. The third kappa shape index (κ3) is 5.32. The lowest BCUT2D eigenvalue weighted by Gasteiger charge is -2.30. The predicted molar refractivity (Wildman–Crippen MR) is 99.5 cm³/mol. The number of hydrogen-bond donors (Lipinski definition) is 1. The zero-order chi connectivity index (χ0) is 16.1. The molecule has 0 saturated heterocycles. The van der Waals surface area contributed by atoms with Crippen LogP contribution in [-0.2, 0) is 24.3 Å². The van der Waals surface area contributed by atoms with Crippen molar-refractivity contribution in [3.05, 3.63) is 70.8 Å². The fourth-order valence-corrected chi connectivity index (χ4v) is 3.06. The molecule has 1 N–H and O–H groups in total. The Hall–Kier alpha value is -1.39. The second kappa shape index (κ2) is 9.19. The molecule has 0 aromatic heterocycles. The summed E-state index contributed by atoms with van der Waals surface area (Å²) in [5, 5.41) is 10.2. The van der Waals surface area contributed by atoms with Gasteiger partial charge in [0.1, 0.15) is 0 Å². The van der Waals surface area contributed by atoms with Gasteiger partial charge in [-0.3, -0.25) is 4.90 Å². The number of aliphatic hydroxyl groups excluding tert-OH is 1. The van der Waals surface area contributed by atoms with Crippen molar-refractivity contribution in [2.45, 2.75) is 32.6 Å². The molecule has 0 saturated carbocycles. The molecule has 1 aliphatic rings. The Morgan fingerprint density at radius 1 is 1.08 bits per heavy atom. The molecule has 4 heteroatoms. The van der Waals surface area contributed by atoms with E-state index in [0.717, 1.165) is 25.1 Å². The number of benzene rings is 2. The third-order valence-corrected chi connectivity index (χ3v) is 4.38. The van der Waals surface area contributed by atoms with Crippen molar-refractivity contribution in [2.75, 3.05) is 19.7 Å². The first-order valence-corrected chi connectivity index (χ1v) is 8.31. The van der Waals surface area contributed by atoms with Crippen LogP contribution in [0, 0.1) is 6.92 Å². The van der Waals surface area contributed by atoms with E-state index in [2.05, 4.69) is 60.4 Å². The summed E-state index contributed by atoms with van der Waals surface area (Å²) in [5.41, 5.74) is 5.22. The number of aliphatic hydroxyl groups is 1. The van der Waals surface area contributed by atoms with Crippen LogP contribution in [0.2, 0.25) is 0 Å². The zero-order valence-electron chi connectivity index (χ0n) is 14.1. The van der Waals surface area contributed by atoms with Gasteiger partial charge in [-0.1, -0.05) is 54.1 Å². The van der Waals surface area contributed by atoms with E-state index >= 15 is 0 Å². The second-order valence-electron chi connectivity index (χ2n) is 6.41. The lowest BCUT2D eigenvalue weighted by atomic mass is 10.00. The van der Waals surface area contributed by atoms with Gasteiger partial charge in [0.25, 0.3) is 0 Å². The molecule has 0 bridgehead atoms. The molecule has 1 unspecified atom stereocenters. The van der Waals surface area contributed by atoms with Crippen molar-refractivity contribution in [3.63, 3.8) is 0 Å². The van der Waals surface area contributed by atoms with Crippen molar-refractivity contribution in [2.24, 2.45) is 0 Å². The third-order valence-electron chi connectivity index (χ3n) is 4.38. The van der Waals surface area contributed by atoms with Crippen molar-refractivity contribution in [3.8, 4) is 0 Å². The second-order valence-corrected chi connectivity index (χ2v) is 6.41. The Morgan fingerprint density at radius 3 is 2.54 bits per heavy atom. The smallest absolute Gasteiger partial charge is 0.0900 e. The molecule has 3 nitrogen and oxygen atoms in total. The van der Waals surface area contributed by atoms with Crippen LogP contribution in [0.1, 0.15) is 22.3 Å². The molecule has 130 valence electrons. The highest BCUT2D eigenvalue weighted by molar-refractivity contribution is 5.85. The fourth-order valence-electron chi connectivity index (χ4n) is 3.06. The zero-order valence-corrected chi connectivity index (χ0v) is 15.0. The van der Waals surface area contributed by atoms with Crippen LogP contribution in [-0.4, -0.2) is 35.8 Å². The summed E-state index contributed by atoms with van der Waals surface area (Å²) >= 11 is 0. The van der Waals surface area contributed by atoms with Gasteiger partial charge in [0, 0.05) is 19.6 Å². The summed E-state index contributed by atoms with van der Waals surface area (Å²) < 4.78 is 5.66. The van der Waals surface area contributed by atoms with Crippen LogP contribution in [0.5, 0.6) is 0 Å². The summed E-state index contributed by atoms with van der Waals surface area (Å²) in [5.74, 6) is 0. The monoisotopic (exact) mass is 347 g/mol. The number of halogens is 1. The maximum atomic E-state index is 10.2. The molecular formula is C20H26ClNO2. The summed E-state index contributed by atoms with van der Waals surface area (Å²) in [6.45, 7) is 5.61. The summed E-state index contributed by atoms with van der Waals surface area (Å²) in [6, 6.07) is 16.9. The molecule has 1 atom stereocenters. The van der Waals surface area contributed by atoms with E-state index in [1.54, 1.807) is 0 Å². The van der Waals surface area contributed by atoms with Gasteiger partial charge in [0.15, 0.2) is 0 Å². The quantitative estimate of drug-likeness (QED) is 0.869. The fraction of sp³-hybridized carbons (Fsp3) is 0.400. The molecule has 0 fully saturated rings. The molecular weight excluding hydrogens is 322 g/mol. The van der Waals surface area contributed by atoms with Crippen LogP contribution >= 0.6 is 12.4 Å². The minimum absolute atomic E-state index is 0. The average molecular weight is 348 g/mol. The summed E-state index contributed by atoms with van der Waals surface area (Å²) in [4.78, 5) is 2.31. The van der Waals surface area contributed by atoms with Crippen LogP contribution < -0.4 is 0 Å². The van der Waals surface area contributed by atoms with Gasteiger partial charge in [-0.25, -0.2) is 0 Å². The number of ether oxygens (including phenoxy) is 1. The van der Waals surface area contributed by atoms with E-state index in [0.29, 0.717) is 19.8 Å². The van der Waals surface area contributed by atoms with E-state index in [9.17, 15) is 5.11 Å². The molecule has 2 aromatic carbocycles. The number of fused-ring (bicyclic) bond motifs is 1. The highest BCUT2D eigenvalue weighted by Crippen LogP contribution is 2.18. The minimum Gasteiger partial charge on any atom is -0.389 e. The molecule has 3 rings (SSSR count). The number of aryl methyl sites for hydroxylation is 1. The maximum Gasteiger partial charge on any atom is 0.0900 e. The topological polar surface area (TPSA) is 32.7 Å². The Kier molecular flexibility index (Phi) is 7.25. The molecule has 0 aliphatic carbocycles. The first kappa shape index (κ1) is 18.9. The lowest BCUT2D eigenvalue weighted by molar-refractivity contribution is 0.00774. The highest BCUT2D eigenvalue weighted by Gasteiger charge is 2.18. The van der Waals surface area contributed by atoms with Gasteiger partial charge in [0.2, 0.25) is 0 Å². The predicted octanol–water partition coefficient (Wildman–Crippen LogP) is 3.35. The summed E-state index contributed by atoms with van der Waals surface area (Å²) in [7, 11) is 0. The standard InChI is InChI=1S/C20H25NO2.ClH/c1-16-6-8-17(9-7-16)14-23-15-20(22)13-21-11-10-18-4-2-3-5-19(18)12-21;/h2-9,20,22H,10-15H2,1H3;1H. The van der Waals surface area contributed by atoms with Gasteiger partial charge in [-0.2, -0.15) is 0 Å². The summed E-state index contributed by atoms with van der Waals surface area (Å²) in [6.07, 6.45) is 0.623. The lowest BCUT2D eigenvalue weighted by Crippen LogP contribution is -2.38. The molecule has 0 spiro atoms. The van der Waals surface area contributed by atoms with Gasteiger partial charge in [-0.15, -0.1) is 12.4 Å². The van der Waals surface area contributed by atoms with E-state index in [1.165, 1.54) is 16.7 Å². The van der Waals surface area contributed by atoms with Crippen LogP contribution in [0.4, 0.5) is 0 Å². The van der Waals surface area contributed by atoms with Crippen molar-refractivity contribution < 1.29 is 9.84 Å². The van der Waals surface area contributed by atoms with Gasteiger partial charge < -0.3 is 9.84 Å². The Labute approximate surface area is 150 Å². The Morgan fingerprint density at radius 2 is 1.79 bits per heavy atom. The van der Waals surface area contributed by atoms with E-state index in [1.807, 2.05) is 0 Å². The molecule has 0 radical (unpaired) electrons. The average Bonchev–Trinajstić information content (AvgIpc) is 2.56. The van der Waals surface area contributed by atoms with Crippen LogP contribution in [0.25, 0.3) is 0 Å². The Bertz CT molecular complexity index is 630. The molecule has 1 heterocycles. The maximum absolute atomic E-state index is 10.2. The number of nitrogens with zero attached hydrogens (tertiary/aromatic N) is 1. The minimum atomic E-state index is -0.439. The van der Waals surface area contributed by atoms with Gasteiger partial charge in [-0.05, 0) is 30.0 Å². The van der Waals surface area contributed by atoms with Gasteiger partial charge >= 0.3 is 0 Å². The molecule has 24 heavy (non-hydrogen) atoms. The van der Waals surface area contributed by atoms with Gasteiger partial charge in [0.05, 0.1) is 19.3 Å².